The number of nitrogens with zero attached hydrogens (tertiary/aromatic N) is 1. The number of carbonyl (C=O) groups is 1. The van der Waals surface area contributed by atoms with Crippen LogP contribution >= 0.6 is 0 Å². The molecule has 0 radical (unpaired) electrons. The van der Waals surface area contributed by atoms with Gasteiger partial charge in [0.25, 0.3) is 5.91 Å². The first-order valence-electron chi connectivity index (χ1n) is 6.77. The van der Waals surface area contributed by atoms with E-state index >= 15 is 0 Å². The third-order valence-corrected chi connectivity index (χ3v) is 2.91. The highest BCUT2D eigenvalue weighted by molar-refractivity contribution is 5.92. The first-order chi connectivity index (χ1) is 9.72. The zero-order chi connectivity index (χ0) is 14.4. The fourth-order valence-corrected chi connectivity index (χ4v) is 1.84. The second-order valence-corrected chi connectivity index (χ2v) is 4.40. The molecule has 5 nitrogen and oxygen atoms in total. The quantitative estimate of drug-likeness (QED) is 0.848. The van der Waals surface area contributed by atoms with Gasteiger partial charge in [-0.25, -0.2) is 0 Å². The van der Waals surface area contributed by atoms with Gasteiger partial charge in [0.2, 0.25) is 0 Å². The zero-order valence-electron chi connectivity index (χ0n) is 11.8. The minimum absolute atomic E-state index is 0.178. The van der Waals surface area contributed by atoms with Crippen LogP contribution in [0, 0.1) is 0 Å². The molecule has 0 spiro atoms. The zero-order valence-corrected chi connectivity index (χ0v) is 11.8. The normalized spacial score (nSPS) is 10.3. The van der Waals surface area contributed by atoms with Crippen LogP contribution in [0.3, 0.4) is 0 Å². The van der Waals surface area contributed by atoms with Gasteiger partial charge in [0.15, 0.2) is 0 Å². The Morgan fingerprint density at radius 2 is 2.20 bits per heavy atom. The molecule has 0 unspecified atom stereocenters. The average molecular weight is 273 g/mol. The summed E-state index contributed by atoms with van der Waals surface area (Å²) in [6, 6.07) is 9.45. The standard InChI is InChI=1S/C15H19N3O2/c1-3-12-9-14(18-17-12)15(19)16-10-11-6-5-7-13(8-11)20-4-2/h5-9H,3-4,10H2,1-2H3,(H,16,19)(H,17,18). The number of aromatic amines is 1. The maximum atomic E-state index is 11.9. The molecule has 0 fully saturated rings. The van der Waals surface area contributed by atoms with Gasteiger partial charge in [-0.05, 0) is 37.1 Å². The summed E-state index contributed by atoms with van der Waals surface area (Å²) in [6.07, 6.45) is 0.830. The molecular weight excluding hydrogens is 254 g/mol. The molecule has 0 aliphatic carbocycles. The minimum atomic E-state index is -0.178. The van der Waals surface area contributed by atoms with Gasteiger partial charge in [-0.3, -0.25) is 9.89 Å². The van der Waals surface area contributed by atoms with Crippen molar-refractivity contribution in [2.75, 3.05) is 6.61 Å². The van der Waals surface area contributed by atoms with E-state index in [4.69, 9.17) is 4.74 Å². The van der Waals surface area contributed by atoms with E-state index in [2.05, 4.69) is 15.5 Å². The van der Waals surface area contributed by atoms with Gasteiger partial charge in [0, 0.05) is 12.2 Å². The molecule has 0 aliphatic rings. The Kier molecular flexibility index (Phi) is 4.76. The second kappa shape index (κ2) is 6.75. The van der Waals surface area contributed by atoms with Crippen LogP contribution in [0.1, 0.15) is 35.6 Å². The number of hydrogen-bond donors (Lipinski definition) is 2. The number of ether oxygens (including phenoxy) is 1. The molecule has 0 saturated heterocycles. The summed E-state index contributed by atoms with van der Waals surface area (Å²) in [5.41, 5.74) is 2.37. The summed E-state index contributed by atoms with van der Waals surface area (Å²) in [6.45, 7) is 5.03. The van der Waals surface area contributed by atoms with Crippen LogP contribution in [-0.2, 0) is 13.0 Å². The van der Waals surface area contributed by atoms with E-state index in [0.29, 0.717) is 18.8 Å². The number of rotatable bonds is 6. The Bertz CT molecular complexity index is 578. The Morgan fingerprint density at radius 3 is 2.90 bits per heavy atom. The van der Waals surface area contributed by atoms with Crippen molar-refractivity contribution in [1.82, 2.24) is 15.5 Å². The largest absolute Gasteiger partial charge is 0.494 e. The number of nitrogens with one attached hydrogen (secondary N) is 2. The smallest absolute Gasteiger partial charge is 0.272 e. The maximum absolute atomic E-state index is 11.9. The Hall–Kier alpha value is -2.30. The van der Waals surface area contributed by atoms with Crippen molar-refractivity contribution in [2.24, 2.45) is 0 Å². The van der Waals surface area contributed by atoms with Crippen molar-refractivity contribution >= 4 is 5.91 Å². The summed E-state index contributed by atoms with van der Waals surface area (Å²) in [7, 11) is 0. The first kappa shape index (κ1) is 14.1. The van der Waals surface area contributed by atoms with E-state index in [1.54, 1.807) is 6.07 Å². The molecular formula is C15H19N3O2. The van der Waals surface area contributed by atoms with Gasteiger partial charge in [0.05, 0.1) is 6.61 Å². The number of carbonyl (C=O) groups excluding carboxylic acids is 1. The van der Waals surface area contributed by atoms with Gasteiger partial charge in [-0.1, -0.05) is 19.1 Å². The third-order valence-electron chi connectivity index (χ3n) is 2.91. The molecule has 0 bridgehead atoms. The molecule has 1 aromatic carbocycles. The highest BCUT2D eigenvalue weighted by Crippen LogP contribution is 2.13. The molecule has 106 valence electrons. The second-order valence-electron chi connectivity index (χ2n) is 4.40. The fourth-order valence-electron chi connectivity index (χ4n) is 1.84. The van der Waals surface area contributed by atoms with Gasteiger partial charge in [-0.2, -0.15) is 5.10 Å². The van der Waals surface area contributed by atoms with E-state index in [1.807, 2.05) is 38.1 Å². The Labute approximate surface area is 118 Å². The number of H-pyrrole nitrogens is 1. The van der Waals surface area contributed by atoms with Crippen molar-refractivity contribution < 1.29 is 9.53 Å². The Morgan fingerprint density at radius 1 is 1.35 bits per heavy atom. The van der Waals surface area contributed by atoms with E-state index in [9.17, 15) is 4.79 Å². The van der Waals surface area contributed by atoms with E-state index in [1.165, 1.54) is 0 Å². The lowest BCUT2D eigenvalue weighted by atomic mass is 10.2. The van der Waals surface area contributed by atoms with Crippen LogP contribution in [0.25, 0.3) is 0 Å². The van der Waals surface area contributed by atoms with Crippen molar-refractivity contribution in [3.63, 3.8) is 0 Å². The van der Waals surface area contributed by atoms with Crippen molar-refractivity contribution in [3.8, 4) is 5.75 Å². The highest BCUT2D eigenvalue weighted by Gasteiger charge is 2.09. The summed E-state index contributed by atoms with van der Waals surface area (Å²) in [4.78, 5) is 11.9. The van der Waals surface area contributed by atoms with E-state index < -0.39 is 0 Å². The molecule has 20 heavy (non-hydrogen) atoms. The topological polar surface area (TPSA) is 67.0 Å². The van der Waals surface area contributed by atoms with Crippen LogP contribution in [-0.4, -0.2) is 22.7 Å². The number of hydrogen-bond acceptors (Lipinski definition) is 3. The summed E-state index contributed by atoms with van der Waals surface area (Å²) in [5, 5.41) is 9.66. The summed E-state index contributed by atoms with van der Waals surface area (Å²) >= 11 is 0. The predicted octanol–water partition coefficient (Wildman–Crippen LogP) is 2.30. The lowest BCUT2D eigenvalue weighted by Crippen LogP contribution is -2.23. The molecule has 1 amide bonds. The summed E-state index contributed by atoms with van der Waals surface area (Å²) < 4.78 is 5.43. The SMILES string of the molecule is CCOc1cccc(CNC(=O)c2cc(CC)[nH]n2)c1. The van der Waals surface area contributed by atoms with E-state index in [-0.39, 0.29) is 5.91 Å². The first-order valence-corrected chi connectivity index (χ1v) is 6.77. The van der Waals surface area contributed by atoms with Crippen LogP contribution in [0.4, 0.5) is 0 Å². The predicted molar refractivity (Wildman–Crippen MR) is 76.7 cm³/mol. The van der Waals surface area contributed by atoms with Crippen molar-refractivity contribution in [2.45, 2.75) is 26.8 Å². The molecule has 2 rings (SSSR count). The van der Waals surface area contributed by atoms with Crippen molar-refractivity contribution in [3.05, 3.63) is 47.3 Å². The molecule has 0 aliphatic heterocycles. The summed E-state index contributed by atoms with van der Waals surface area (Å²) in [5.74, 6) is 0.634. The fraction of sp³-hybridized carbons (Fsp3) is 0.333. The van der Waals surface area contributed by atoms with Crippen molar-refractivity contribution in [1.29, 1.82) is 0 Å². The highest BCUT2D eigenvalue weighted by atomic mass is 16.5. The maximum Gasteiger partial charge on any atom is 0.272 e. The number of benzene rings is 1. The van der Waals surface area contributed by atoms with Crippen LogP contribution in [0.15, 0.2) is 30.3 Å². The molecule has 0 atom stereocenters. The van der Waals surface area contributed by atoms with Gasteiger partial charge in [-0.15, -0.1) is 0 Å². The van der Waals surface area contributed by atoms with Crippen LogP contribution < -0.4 is 10.1 Å². The molecule has 5 heteroatoms. The lowest BCUT2D eigenvalue weighted by molar-refractivity contribution is 0.0946. The third kappa shape index (κ3) is 3.60. The van der Waals surface area contributed by atoms with Gasteiger partial charge >= 0.3 is 0 Å². The Balaban J connectivity index is 1.94. The van der Waals surface area contributed by atoms with E-state index in [0.717, 1.165) is 23.4 Å². The molecule has 1 heterocycles. The molecule has 1 aromatic heterocycles. The molecule has 0 saturated carbocycles. The number of amides is 1. The lowest BCUT2D eigenvalue weighted by Gasteiger charge is -2.06. The monoisotopic (exact) mass is 273 g/mol. The van der Waals surface area contributed by atoms with Gasteiger partial charge < -0.3 is 10.1 Å². The number of aromatic nitrogens is 2. The van der Waals surface area contributed by atoms with Crippen LogP contribution in [0.5, 0.6) is 5.75 Å². The molecule has 2 N–H and O–H groups in total. The van der Waals surface area contributed by atoms with Gasteiger partial charge in [0.1, 0.15) is 11.4 Å². The minimum Gasteiger partial charge on any atom is -0.494 e. The van der Waals surface area contributed by atoms with Crippen LogP contribution in [0.2, 0.25) is 0 Å². The average Bonchev–Trinajstić information content (AvgIpc) is 2.94. The number of aryl methyl sites for hydroxylation is 1. The molecule has 2 aromatic rings.